The quantitative estimate of drug-likeness (QED) is 0.0716. The number of likely N-dealkylation sites (tertiary alicyclic amines) is 1. The van der Waals surface area contributed by atoms with Crippen LogP contribution in [0.1, 0.15) is 152 Å². The number of carboxylic acids is 3. The third-order valence-corrected chi connectivity index (χ3v) is 18.2. The van der Waals surface area contributed by atoms with Gasteiger partial charge in [-0.15, -0.1) is 0 Å². The number of nitrogens with one attached hydrogen (secondary N) is 1. The fraction of sp³-hybridized carbons (Fsp3) is 0.878. The number of nitrogens with zero attached hydrogens (tertiary/aromatic N) is 1. The SMILES string of the molecule is C=C(C)[C@@H]1CC[C@]2(CCNC3CCN(CCO)CC3)CC[C@]3(C)[C@H](CC[C@@H]4[C@@]5(C)CC[C@H](OC(=O)CC(C)(C)CC(=O)O)C(C)(C)[C@@H]5CC[C@]43C)[C@@H]12.O=C(O)C(F)(F)F.O=C(O)C(F)(F)F. The number of alkyl halides is 6. The lowest BCUT2D eigenvalue weighted by atomic mass is 9.32. The molecule has 0 radical (unpaired) electrons. The number of allylic oxidation sites excluding steroid dienone is 1. The first-order chi connectivity index (χ1) is 30.2. The van der Waals surface area contributed by atoms with Crippen LogP contribution in [0.3, 0.4) is 0 Å². The lowest BCUT2D eigenvalue weighted by Crippen LogP contribution is -2.66. The molecule has 5 N–H and O–H groups in total. The monoisotopic (exact) mass is 953 g/mol. The number of ether oxygens (including phenoxy) is 1. The molecule has 0 aromatic rings. The van der Waals surface area contributed by atoms with Crippen molar-refractivity contribution in [3.63, 3.8) is 0 Å². The lowest BCUT2D eigenvalue weighted by molar-refractivity contribution is -0.250. The number of carbonyl (C=O) groups is 4. The number of aliphatic hydroxyl groups is 1. The van der Waals surface area contributed by atoms with Gasteiger partial charge in [-0.1, -0.05) is 60.6 Å². The summed E-state index contributed by atoms with van der Waals surface area (Å²) in [4.78, 5) is 44.9. The number of hydrogen-bond acceptors (Lipinski definition) is 8. The van der Waals surface area contributed by atoms with E-state index in [1.54, 1.807) is 0 Å². The molecule has 0 spiro atoms. The van der Waals surface area contributed by atoms with Crippen LogP contribution in [0.25, 0.3) is 0 Å². The van der Waals surface area contributed by atoms with Gasteiger partial charge in [-0.3, -0.25) is 9.59 Å². The van der Waals surface area contributed by atoms with E-state index in [0.29, 0.717) is 34.6 Å². The predicted octanol–water partition coefficient (Wildman–Crippen LogP) is 10.1. The van der Waals surface area contributed by atoms with E-state index < -0.39 is 35.7 Å². The van der Waals surface area contributed by atoms with E-state index in [-0.39, 0.29) is 47.8 Å². The highest BCUT2D eigenvalue weighted by atomic mass is 19.4. The van der Waals surface area contributed by atoms with Crippen LogP contribution in [0.5, 0.6) is 0 Å². The minimum absolute atomic E-state index is 0.0327. The second kappa shape index (κ2) is 20.6. The number of esters is 1. The maximum Gasteiger partial charge on any atom is 0.490 e. The molecule has 6 fully saturated rings. The molecule has 380 valence electrons. The van der Waals surface area contributed by atoms with Gasteiger partial charge in [0.05, 0.1) is 19.4 Å². The molecule has 6 aliphatic rings. The Labute approximate surface area is 387 Å². The number of carbonyl (C=O) groups excluding carboxylic acids is 1. The van der Waals surface area contributed by atoms with E-state index in [1.807, 2.05) is 13.8 Å². The van der Waals surface area contributed by atoms with Gasteiger partial charge in [0, 0.05) is 18.0 Å². The second-order valence-electron chi connectivity index (χ2n) is 22.9. The Morgan fingerprint density at radius 1 is 0.742 bits per heavy atom. The third kappa shape index (κ3) is 11.9. The number of fused-ring (bicyclic) bond motifs is 7. The van der Waals surface area contributed by atoms with Gasteiger partial charge in [-0.25, -0.2) is 9.59 Å². The average molecular weight is 953 g/mol. The van der Waals surface area contributed by atoms with Gasteiger partial charge in [-0.05, 0) is 167 Å². The van der Waals surface area contributed by atoms with Crippen molar-refractivity contribution in [3.8, 4) is 0 Å². The Morgan fingerprint density at radius 3 is 1.83 bits per heavy atom. The molecule has 17 heteroatoms. The van der Waals surface area contributed by atoms with Crippen molar-refractivity contribution in [2.24, 2.45) is 62.1 Å². The summed E-state index contributed by atoms with van der Waals surface area (Å²) in [6, 6.07) is 0.605. The third-order valence-electron chi connectivity index (χ3n) is 18.2. The lowest BCUT2D eigenvalue weighted by Gasteiger charge is -2.73. The molecule has 5 aliphatic carbocycles. The van der Waals surface area contributed by atoms with Crippen LogP contribution in [-0.4, -0.2) is 106 Å². The minimum Gasteiger partial charge on any atom is -0.481 e. The Kier molecular flexibility index (Phi) is 17.4. The highest BCUT2D eigenvalue weighted by Crippen LogP contribution is 2.78. The molecule has 0 aromatic carbocycles. The molecule has 0 aromatic heterocycles. The molecule has 66 heavy (non-hydrogen) atoms. The first-order valence-electron chi connectivity index (χ1n) is 23.9. The summed E-state index contributed by atoms with van der Waals surface area (Å²) in [6.45, 7) is 27.9. The van der Waals surface area contributed by atoms with Crippen molar-refractivity contribution in [2.45, 2.75) is 176 Å². The number of rotatable bonds is 12. The number of hydrogen-bond donors (Lipinski definition) is 5. The Balaban J connectivity index is 0.000000590. The van der Waals surface area contributed by atoms with Crippen LogP contribution in [0.2, 0.25) is 0 Å². The molecule has 1 aliphatic heterocycles. The summed E-state index contributed by atoms with van der Waals surface area (Å²) < 4.78 is 69.8. The zero-order valence-electron chi connectivity index (χ0n) is 40.4. The summed E-state index contributed by atoms with van der Waals surface area (Å²) in [5.74, 6) is -3.34. The van der Waals surface area contributed by atoms with E-state index in [4.69, 9.17) is 24.5 Å². The highest BCUT2D eigenvalue weighted by molar-refractivity contribution is 5.74. The summed E-state index contributed by atoms with van der Waals surface area (Å²) in [7, 11) is 0. The molecule has 0 unspecified atom stereocenters. The van der Waals surface area contributed by atoms with Crippen molar-refractivity contribution >= 4 is 23.9 Å². The average Bonchev–Trinajstić information content (AvgIpc) is 3.56. The first kappa shape index (κ1) is 55.7. The number of carboxylic acid groups (broad SMARTS) is 3. The smallest absolute Gasteiger partial charge is 0.481 e. The van der Waals surface area contributed by atoms with Crippen LogP contribution >= 0.6 is 0 Å². The summed E-state index contributed by atoms with van der Waals surface area (Å²) >= 11 is 0. The fourth-order valence-corrected chi connectivity index (χ4v) is 15.0. The summed E-state index contributed by atoms with van der Waals surface area (Å²) in [5, 5.41) is 37.0. The largest absolute Gasteiger partial charge is 0.490 e. The van der Waals surface area contributed by atoms with Gasteiger partial charge in [0.1, 0.15) is 6.10 Å². The van der Waals surface area contributed by atoms with E-state index in [0.717, 1.165) is 50.9 Å². The van der Waals surface area contributed by atoms with Crippen LogP contribution in [0.4, 0.5) is 26.3 Å². The van der Waals surface area contributed by atoms with Crippen molar-refractivity contribution in [3.05, 3.63) is 12.2 Å². The molecule has 10 atom stereocenters. The van der Waals surface area contributed by atoms with Gasteiger partial charge in [0.2, 0.25) is 0 Å². The predicted molar refractivity (Wildman–Crippen MR) is 236 cm³/mol. The van der Waals surface area contributed by atoms with E-state index in [2.05, 4.69) is 58.3 Å². The fourth-order valence-electron chi connectivity index (χ4n) is 15.0. The highest BCUT2D eigenvalue weighted by Gasteiger charge is 2.71. The van der Waals surface area contributed by atoms with Crippen LogP contribution in [-0.2, 0) is 23.9 Å². The van der Waals surface area contributed by atoms with Crippen LogP contribution in [0.15, 0.2) is 12.2 Å². The molecule has 5 saturated carbocycles. The zero-order chi connectivity index (χ0) is 50.1. The van der Waals surface area contributed by atoms with Gasteiger partial charge >= 0.3 is 36.2 Å². The topological polar surface area (TPSA) is 174 Å². The van der Waals surface area contributed by atoms with E-state index in [1.165, 1.54) is 76.2 Å². The first-order valence-corrected chi connectivity index (χ1v) is 23.9. The van der Waals surface area contributed by atoms with Crippen molar-refractivity contribution in [2.75, 3.05) is 32.8 Å². The van der Waals surface area contributed by atoms with Gasteiger partial charge in [-0.2, -0.15) is 26.3 Å². The molecule has 1 saturated heterocycles. The van der Waals surface area contributed by atoms with Crippen molar-refractivity contribution in [1.82, 2.24) is 10.2 Å². The Hall–Kier alpha value is -2.92. The minimum atomic E-state index is -5.08. The van der Waals surface area contributed by atoms with Gasteiger partial charge < -0.3 is 35.4 Å². The molecular formula is C49H78F6N2O9. The maximum atomic E-state index is 13.3. The van der Waals surface area contributed by atoms with Crippen LogP contribution < -0.4 is 5.32 Å². The molecule has 6 rings (SSSR count). The normalized spacial score (nSPS) is 35.5. The molecule has 0 amide bonds. The molecular weight excluding hydrogens is 875 g/mol. The number of halogens is 6. The Bertz CT molecular complexity index is 1720. The van der Waals surface area contributed by atoms with Crippen molar-refractivity contribution in [1.29, 1.82) is 0 Å². The van der Waals surface area contributed by atoms with Crippen LogP contribution in [0, 0.1) is 62.1 Å². The number of piperidine rings is 1. The van der Waals surface area contributed by atoms with E-state index in [9.17, 15) is 46.1 Å². The molecule has 11 nitrogen and oxygen atoms in total. The summed E-state index contributed by atoms with van der Waals surface area (Å²) in [6.07, 6.45) is 5.98. The van der Waals surface area contributed by atoms with Gasteiger partial charge in [0.25, 0.3) is 0 Å². The second-order valence-corrected chi connectivity index (χ2v) is 22.9. The maximum absolute atomic E-state index is 13.3. The van der Waals surface area contributed by atoms with Gasteiger partial charge in [0.15, 0.2) is 0 Å². The van der Waals surface area contributed by atoms with E-state index >= 15 is 0 Å². The number of aliphatic carboxylic acids is 3. The zero-order valence-corrected chi connectivity index (χ0v) is 40.4. The number of aliphatic hydroxyl groups excluding tert-OH is 1. The Morgan fingerprint density at radius 2 is 1.32 bits per heavy atom. The standard InChI is InChI=1S/C45H76N2O5.2C2HF3O2/c1-30(2)32-12-19-45(22-23-46-31-15-24-47(25-16-31)26-27-48)21-20-43(8)33(39(32)45)10-11-35-42(7)17-14-36(41(5,6)34(42)13-18-44(35,43)9)52-38(51)29-40(3,4)28-37(49)50;2*3-2(4,5)1(6)7/h31-36,39,46,48H,1,10-29H2,2-9H3,(H,49,50);2*(H,6,7)/t32-,33+,34-,35+,36-,39+,42-,43+,44+,45+;;/m0../s1. The number of β-amino-alcohol motifs (C(OH)–C–C–N with tert-alkyl or cyclic N) is 1. The molecule has 1 heterocycles. The molecule has 0 bridgehead atoms. The summed E-state index contributed by atoms with van der Waals surface area (Å²) in [5.41, 5.74) is 1.91. The van der Waals surface area contributed by atoms with Crippen molar-refractivity contribution < 1.29 is 70.7 Å².